The van der Waals surface area contributed by atoms with Crippen LogP contribution in [0.3, 0.4) is 0 Å². The highest BCUT2D eigenvalue weighted by atomic mass is 16.6. The zero-order valence-corrected chi connectivity index (χ0v) is 48.0. The van der Waals surface area contributed by atoms with E-state index < -0.39 is 59.4 Å². The molecule has 0 radical (unpaired) electrons. The van der Waals surface area contributed by atoms with Crippen LogP contribution in [0.15, 0.2) is 90.8 Å². The van der Waals surface area contributed by atoms with Crippen LogP contribution in [-0.2, 0) is 62.4 Å². The minimum atomic E-state index is -1.11. The Morgan fingerprint density at radius 3 is 1.98 bits per heavy atom. The van der Waals surface area contributed by atoms with Crippen LogP contribution in [0, 0.1) is 11.8 Å². The Hall–Kier alpha value is -6.87. The summed E-state index contributed by atoms with van der Waals surface area (Å²) in [6, 6.07) is 19.9. The van der Waals surface area contributed by atoms with Gasteiger partial charge in [-0.1, -0.05) is 95.3 Å². The smallest absolute Gasteiger partial charge is 0.308 e. The van der Waals surface area contributed by atoms with Crippen molar-refractivity contribution in [2.45, 2.75) is 143 Å². The Morgan fingerprint density at radius 2 is 1.35 bits per heavy atom. The van der Waals surface area contributed by atoms with E-state index in [9.17, 15) is 33.6 Å². The summed E-state index contributed by atoms with van der Waals surface area (Å²) in [5, 5.41) is 16.2. The van der Waals surface area contributed by atoms with Crippen molar-refractivity contribution in [3.63, 3.8) is 0 Å². The Labute approximate surface area is 472 Å². The van der Waals surface area contributed by atoms with Crippen LogP contribution in [-0.4, -0.2) is 140 Å². The van der Waals surface area contributed by atoms with Crippen LogP contribution in [0.2, 0.25) is 0 Å². The van der Waals surface area contributed by atoms with Crippen molar-refractivity contribution in [3.05, 3.63) is 107 Å². The number of nitrogens with one attached hydrogen (secondary N) is 5. The maximum atomic E-state index is 14.7. The number of rotatable bonds is 34. The van der Waals surface area contributed by atoms with E-state index in [0.29, 0.717) is 83.7 Å². The molecule has 2 saturated heterocycles. The predicted octanol–water partition coefficient (Wildman–Crippen LogP) is 4.27. The first kappa shape index (κ1) is 64.0. The van der Waals surface area contributed by atoms with Gasteiger partial charge in [0.1, 0.15) is 50.0 Å². The zero-order valence-electron chi connectivity index (χ0n) is 48.0. The minimum absolute atomic E-state index is 0.00475. The van der Waals surface area contributed by atoms with Gasteiger partial charge in [0.2, 0.25) is 23.6 Å². The third kappa shape index (κ3) is 22.0. The van der Waals surface area contributed by atoms with Crippen molar-refractivity contribution >= 4 is 41.3 Å². The molecule has 9 N–H and O–H groups in total. The number of unbranched alkanes of at least 4 members (excludes halogenated alkanes) is 1. The summed E-state index contributed by atoms with van der Waals surface area (Å²) in [7, 11) is 0. The second-order valence-electron chi connectivity index (χ2n) is 22.3. The van der Waals surface area contributed by atoms with E-state index in [-0.39, 0.29) is 78.5 Å². The fourth-order valence-electron chi connectivity index (χ4n) is 9.57. The number of morpholine rings is 1. The standard InChI is InChI=1S/C60H87N9O11/c1-8-26-63-54(71)21-15-16-27-68(62)36-47(61)39-78-53-35-46(23-25-52(53)80-43(6)70)37-69(28-30-77-31-29-69)38-55(72)64-48(24-22-44-17-11-9-12-18-44)57(74)66-50(33-42(4)5)58(75)67-51(34-45-19-13-10-14-20-45)59(76)65-49(32-41(2)3)56(73)60(7)40-79-60/h9-14,17-20,23,25,35-36,41-42,48-51H,8,15-16,21-22,24,26-34,37-40,61-62H2,1-7H3,(H4-,63,64,65,66,67,71,72,74,75,76)/p+1. The number of quaternary nitrogens is 1. The van der Waals surface area contributed by atoms with Gasteiger partial charge in [-0.2, -0.15) is 0 Å². The molecule has 0 saturated carbocycles. The molecule has 2 heterocycles. The molecule has 0 aliphatic carbocycles. The fourth-order valence-corrected chi connectivity index (χ4v) is 9.57. The van der Waals surface area contributed by atoms with Gasteiger partial charge in [-0.05, 0) is 93.0 Å². The third-order valence-electron chi connectivity index (χ3n) is 14.0. The van der Waals surface area contributed by atoms with E-state index in [4.69, 9.17) is 30.5 Å². The Morgan fingerprint density at radius 1 is 0.750 bits per heavy atom. The first-order valence-corrected chi connectivity index (χ1v) is 28.2. The number of nitrogens with two attached hydrogens (primary N) is 2. The van der Waals surface area contributed by atoms with Gasteiger partial charge in [0.25, 0.3) is 5.91 Å². The highest BCUT2D eigenvalue weighted by Crippen LogP contribution is 2.32. The molecule has 438 valence electrons. The Kier molecular flexibility index (Phi) is 25.4. The van der Waals surface area contributed by atoms with Crippen molar-refractivity contribution in [2.75, 3.05) is 59.2 Å². The minimum Gasteiger partial charge on any atom is -0.483 e. The van der Waals surface area contributed by atoms with E-state index in [1.54, 1.807) is 31.3 Å². The molecular formula is C60H88N9O11+. The SMILES string of the molecule is CCCNC(=O)CCCCN(N)C=C(N)COc1cc(C[N+]2(CC(=O)NC(CCc3ccccc3)C(=O)NC(CC(C)C)C(=O)NC(Cc3ccccc3)C(=O)NC(CC(C)C)C(=O)C3(C)CO3)CCOCC2)ccc1OC(C)=O. The molecule has 3 aromatic rings. The van der Waals surface area contributed by atoms with Gasteiger partial charge in [0, 0.05) is 44.6 Å². The van der Waals surface area contributed by atoms with Crippen molar-refractivity contribution < 1.29 is 57.0 Å². The van der Waals surface area contributed by atoms with Crippen molar-refractivity contribution in [3.8, 4) is 11.5 Å². The third-order valence-corrected chi connectivity index (χ3v) is 14.0. The first-order chi connectivity index (χ1) is 38.2. The van der Waals surface area contributed by atoms with Gasteiger partial charge in [-0.15, -0.1) is 0 Å². The molecule has 2 fully saturated rings. The summed E-state index contributed by atoms with van der Waals surface area (Å²) in [5.74, 6) is 3.77. The Balaban J connectivity index is 1.33. The van der Waals surface area contributed by atoms with Crippen molar-refractivity contribution in [2.24, 2.45) is 23.4 Å². The molecule has 2 aliphatic heterocycles. The lowest BCUT2D eigenvalue weighted by Crippen LogP contribution is -2.61. The Bertz CT molecular complexity index is 2530. The lowest BCUT2D eigenvalue weighted by Gasteiger charge is -2.41. The van der Waals surface area contributed by atoms with Crippen molar-refractivity contribution in [1.29, 1.82) is 0 Å². The molecule has 0 aromatic heterocycles. The van der Waals surface area contributed by atoms with E-state index in [2.05, 4.69) is 26.6 Å². The number of aryl methyl sites for hydroxylation is 1. The normalized spacial score (nSPS) is 17.2. The summed E-state index contributed by atoms with van der Waals surface area (Å²) >= 11 is 0. The predicted molar refractivity (Wildman–Crippen MR) is 304 cm³/mol. The van der Waals surface area contributed by atoms with E-state index in [0.717, 1.165) is 23.1 Å². The van der Waals surface area contributed by atoms with E-state index in [1.165, 1.54) is 11.9 Å². The molecule has 5 atom stereocenters. The summed E-state index contributed by atoms with van der Waals surface area (Å²) in [6.07, 6.45) is 5.52. The number of hydrogen-bond acceptors (Lipinski definition) is 14. The number of carbonyl (C=O) groups is 7. The summed E-state index contributed by atoms with van der Waals surface area (Å²) in [5.41, 5.74) is 8.15. The molecule has 80 heavy (non-hydrogen) atoms. The second-order valence-corrected chi connectivity index (χ2v) is 22.3. The average molecular weight is 1110 g/mol. The van der Waals surface area contributed by atoms with Crippen LogP contribution >= 0.6 is 0 Å². The van der Waals surface area contributed by atoms with Gasteiger partial charge >= 0.3 is 5.97 Å². The lowest BCUT2D eigenvalue weighted by atomic mass is 9.93. The summed E-state index contributed by atoms with van der Waals surface area (Å²) < 4.78 is 23.2. The molecule has 2 aliphatic rings. The van der Waals surface area contributed by atoms with E-state index >= 15 is 0 Å². The molecule has 0 spiro atoms. The van der Waals surface area contributed by atoms with Crippen LogP contribution in [0.5, 0.6) is 11.5 Å². The van der Waals surface area contributed by atoms with Crippen LogP contribution in [0.1, 0.15) is 110 Å². The number of hydrogen-bond donors (Lipinski definition) is 7. The summed E-state index contributed by atoms with van der Waals surface area (Å²) in [4.78, 5) is 95.7. The number of ketones is 1. The number of hydrazine groups is 1. The van der Waals surface area contributed by atoms with Crippen molar-refractivity contribution in [1.82, 2.24) is 31.6 Å². The topological polar surface area (TPSA) is 275 Å². The van der Waals surface area contributed by atoms with Gasteiger partial charge in [0.15, 0.2) is 23.8 Å². The van der Waals surface area contributed by atoms with Gasteiger partial charge in [-0.3, -0.25) is 33.6 Å². The number of ether oxygens (including phenoxy) is 4. The monoisotopic (exact) mass is 1110 g/mol. The van der Waals surface area contributed by atoms with E-state index in [1.807, 2.05) is 95.3 Å². The fraction of sp³-hybridized carbons (Fsp3) is 0.550. The number of Topliss-reactive ketones (excluding diaryl/α,β-unsaturated/α-hetero) is 1. The second kappa shape index (κ2) is 31.8. The molecule has 20 heteroatoms. The molecule has 5 unspecified atom stereocenters. The molecular weight excluding hydrogens is 1020 g/mol. The van der Waals surface area contributed by atoms with Crippen LogP contribution in [0.25, 0.3) is 0 Å². The maximum Gasteiger partial charge on any atom is 0.308 e. The first-order valence-electron chi connectivity index (χ1n) is 28.2. The van der Waals surface area contributed by atoms with Gasteiger partial charge in [-0.25, -0.2) is 5.84 Å². The number of esters is 1. The molecule has 3 aromatic carbocycles. The van der Waals surface area contributed by atoms with Gasteiger partial charge < -0.3 is 60.8 Å². The molecule has 5 amide bonds. The number of benzene rings is 3. The van der Waals surface area contributed by atoms with Crippen LogP contribution < -0.4 is 47.6 Å². The van der Waals surface area contributed by atoms with Gasteiger partial charge in [0.05, 0.1) is 31.6 Å². The average Bonchev–Trinajstić information content (AvgIpc) is 4.20. The number of amides is 5. The molecule has 20 nitrogen and oxygen atoms in total. The van der Waals surface area contributed by atoms with Crippen LogP contribution in [0.4, 0.5) is 0 Å². The highest BCUT2D eigenvalue weighted by molar-refractivity contribution is 5.99. The maximum absolute atomic E-state index is 14.7. The zero-order chi connectivity index (χ0) is 58.2. The lowest BCUT2D eigenvalue weighted by molar-refractivity contribution is -0.940. The summed E-state index contributed by atoms with van der Waals surface area (Å²) in [6.45, 7) is 16.0. The quantitative estimate of drug-likeness (QED) is 0.00837. The molecule has 5 rings (SSSR count). The number of nitrogens with zero attached hydrogens (tertiary/aromatic N) is 2. The number of carbonyl (C=O) groups excluding carboxylic acids is 7. The highest BCUT2D eigenvalue weighted by Gasteiger charge is 2.50. The largest absolute Gasteiger partial charge is 0.483 e. The number of epoxide rings is 1. The molecule has 0 bridgehead atoms.